The molecule has 130 valence electrons. The Balaban J connectivity index is 1.99. The minimum atomic E-state index is 0.597. The van der Waals surface area contributed by atoms with E-state index in [9.17, 15) is 0 Å². The van der Waals surface area contributed by atoms with Gasteiger partial charge in [-0.3, -0.25) is 4.99 Å². The minimum absolute atomic E-state index is 0.597. The number of ether oxygens (including phenoxy) is 2. The summed E-state index contributed by atoms with van der Waals surface area (Å²) in [5, 5.41) is 7.55. The largest absolute Gasteiger partial charge is 0.493 e. The van der Waals surface area contributed by atoms with Crippen molar-refractivity contribution in [1.82, 2.24) is 10.3 Å². The minimum Gasteiger partial charge on any atom is -0.493 e. The maximum atomic E-state index is 5.53. The molecule has 0 saturated carbocycles. The Kier molecular flexibility index (Phi) is 6.87. The molecule has 24 heavy (non-hydrogen) atoms. The fourth-order valence-electron chi connectivity index (χ4n) is 2.09. The van der Waals surface area contributed by atoms with E-state index in [1.807, 2.05) is 31.3 Å². The molecule has 0 spiro atoms. The first-order valence-electron chi connectivity index (χ1n) is 7.92. The SMILES string of the molecule is CCOc1ccc(NC(=NC)NCc2ncc(CC)s2)cc1OC. The Bertz CT molecular complexity index is 685. The van der Waals surface area contributed by atoms with Gasteiger partial charge in [0.25, 0.3) is 0 Å². The molecule has 7 heteroatoms. The third-order valence-electron chi connectivity index (χ3n) is 3.31. The molecule has 0 bridgehead atoms. The number of hydrogen-bond acceptors (Lipinski definition) is 5. The second-order valence-corrected chi connectivity index (χ2v) is 6.12. The molecule has 0 saturated heterocycles. The molecule has 0 aliphatic carbocycles. The highest BCUT2D eigenvalue weighted by Crippen LogP contribution is 2.30. The average molecular weight is 348 g/mol. The Labute approximate surface area is 146 Å². The molecular formula is C17H24N4O2S. The quantitative estimate of drug-likeness (QED) is 0.593. The van der Waals surface area contributed by atoms with Gasteiger partial charge in [0.15, 0.2) is 17.5 Å². The van der Waals surface area contributed by atoms with E-state index in [-0.39, 0.29) is 0 Å². The smallest absolute Gasteiger partial charge is 0.195 e. The number of aromatic nitrogens is 1. The van der Waals surface area contributed by atoms with Crippen molar-refractivity contribution >= 4 is 23.0 Å². The van der Waals surface area contributed by atoms with E-state index in [1.54, 1.807) is 25.5 Å². The molecule has 1 aromatic carbocycles. The number of benzene rings is 1. The molecule has 0 aliphatic heterocycles. The lowest BCUT2D eigenvalue weighted by Crippen LogP contribution is -2.30. The number of hydrogen-bond donors (Lipinski definition) is 2. The third kappa shape index (κ3) is 4.86. The van der Waals surface area contributed by atoms with Gasteiger partial charge in [0.05, 0.1) is 20.3 Å². The maximum Gasteiger partial charge on any atom is 0.195 e. The fraction of sp³-hybridized carbons (Fsp3) is 0.412. The van der Waals surface area contributed by atoms with E-state index in [0.29, 0.717) is 24.9 Å². The predicted molar refractivity (Wildman–Crippen MR) is 99.5 cm³/mol. The number of nitrogens with zero attached hydrogens (tertiary/aromatic N) is 2. The van der Waals surface area contributed by atoms with Crippen molar-refractivity contribution in [2.75, 3.05) is 26.1 Å². The number of rotatable bonds is 7. The fourth-order valence-corrected chi connectivity index (χ4v) is 2.89. The van der Waals surface area contributed by atoms with Crippen LogP contribution in [0.25, 0.3) is 0 Å². The second kappa shape index (κ2) is 9.12. The molecule has 2 N–H and O–H groups in total. The van der Waals surface area contributed by atoms with Gasteiger partial charge in [0.2, 0.25) is 0 Å². The van der Waals surface area contributed by atoms with Crippen LogP contribution in [0.1, 0.15) is 23.7 Å². The van der Waals surface area contributed by atoms with Crippen LogP contribution in [-0.4, -0.2) is 31.7 Å². The maximum absolute atomic E-state index is 5.53. The predicted octanol–water partition coefficient (Wildman–Crippen LogP) is 3.30. The van der Waals surface area contributed by atoms with Gasteiger partial charge < -0.3 is 20.1 Å². The summed E-state index contributed by atoms with van der Waals surface area (Å²) in [4.78, 5) is 9.92. The van der Waals surface area contributed by atoms with Gasteiger partial charge >= 0.3 is 0 Å². The van der Waals surface area contributed by atoms with Crippen molar-refractivity contribution in [2.24, 2.45) is 4.99 Å². The van der Waals surface area contributed by atoms with E-state index in [0.717, 1.165) is 22.9 Å². The molecular weight excluding hydrogens is 324 g/mol. The van der Waals surface area contributed by atoms with Crippen molar-refractivity contribution in [1.29, 1.82) is 0 Å². The van der Waals surface area contributed by atoms with E-state index >= 15 is 0 Å². The van der Waals surface area contributed by atoms with Crippen LogP contribution in [0.5, 0.6) is 11.5 Å². The Morgan fingerprint density at radius 1 is 1.29 bits per heavy atom. The molecule has 1 aromatic heterocycles. The van der Waals surface area contributed by atoms with Gasteiger partial charge in [0.1, 0.15) is 5.01 Å². The third-order valence-corrected chi connectivity index (χ3v) is 4.45. The lowest BCUT2D eigenvalue weighted by Gasteiger charge is -2.14. The number of aryl methyl sites for hydroxylation is 1. The van der Waals surface area contributed by atoms with Gasteiger partial charge in [-0.05, 0) is 25.5 Å². The van der Waals surface area contributed by atoms with Gasteiger partial charge in [-0.25, -0.2) is 4.98 Å². The zero-order valence-electron chi connectivity index (χ0n) is 14.5. The van der Waals surface area contributed by atoms with Crippen LogP contribution < -0.4 is 20.1 Å². The summed E-state index contributed by atoms with van der Waals surface area (Å²) in [7, 11) is 3.36. The van der Waals surface area contributed by atoms with Crippen LogP contribution in [0.3, 0.4) is 0 Å². The van der Waals surface area contributed by atoms with Crippen LogP contribution in [0.15, 0.2) is 29.4 Å². The van der Waals surface area contributed by atoms with E-state index < -0.39 is 0 Å². The molecule has 0 atom stereocenters. The van der Waals surface area contributed by atoms with Crippen molar-refractivity contribution in [3.8, 4) is 11.5 Å². The first-order chi connectivity index (χ1) is 11.7. The normalized spacial score (nSPS) is 11.2. The standard InChI is InChI=1S/C17H24N4O2S/c1-5-13-10-19-16(24-13)11-20-17(18-3)21-12-7-8-14(23-6-2)15(9-12)22-4/h7-10H,5-6,11H2,1-4H3,(H2,18,20,21). The molecule has 0 fully saturated rings. The van der Waals surface area contributed by atoms with E-state index in [4.69, 9.17) is 9.47 Å². The van der Waals surface area contributed by atoms with Crippen LogP contribution in [0.2, 0.25) is 0 Å². The highest BCUT2D eigenvalue weighted by Gasteiger charge is 2.07. The van der Waals surface area contributed by atoms with Crippen molar-refractivity contribution in [3.05, 3.63) is 34.3 Å². The molecule has 0 aliphatic rings. The summed E-state index contributed by atoms with van der Waals surface area (Å²) in [6.07, 6.45) is 2.94. The first kappa shape index (κ1) is 18.1. The summed E-state index contributed by atoms with van der Waals surface area (Å²) in [5.41, 5.74) is 0.872. The van der Waals surface area contributed by atoms with Crippen LogP contribution >= 0.6 is 11.3 Å². The molecule has 1 heterocycles. The summed E-state index contributed by atoms with van der Waals surface area (Å²) < 4.78 is 10.9. The van der Waals surface area contributed by atoms with Gasteiger partial charge in [0, 0.05) is 29.9 Å². The van der Waals surface area contributed by atoms with Crippen LogP contribution in [0.4, 0.5) is 5.69 Å². The highest BCUT2D eigenvalue weighted by atomic mass is 32.1. The second-order valence-electron chi connectivity index (χ2n) is 4.92. The highest BCUT2D eigenvalue weighted by molar-refractivity contribution is 7.11. The van der Waals surface area contributed by atoms with Crippen LogP contribution in [0, 0.1) is 0 Å². The van der Waals surface area contributed by atoms with Gasteiger partial charge in [-0.2, -0.15) is 0 Å². The number of thiazole rings is 1. The molecule has 0 amide bonds. The van der Waals surface area contributed by atoms with Crippen molar-refractivity contribution in [2.45, 2.75) is 26.8 Å². The summed E-state index contributed by atoms with van der Waals surface area (Å²) in [5.74, 6) is 2.09. The number of aliphatic imine (C=N–C) groups is 1. The number of nitrogens with one attached hydrogen (secondary N) is 2. The molecule has 2 rings (SSSR count). The Morgan fingerprint density at radius 3 is 2.75 bits per heavy atom. The number of methoxy groups -OCH3 is 1. The first-order valence-corrected chi connectivity index (χ1v) is 8.73. The number of anilines is 1. The summed E-state index contributed by atoms with van der Waals surface area (Å²) >= 11 is 1.71. The Morgan fingerprint density at radius 2 is 2.12 bits per heavy atom. The van der Waals surface area contributed by atoms with Crippen molar-refractivity contribution < 1.29 is 9.47 Å². The van der Waals surface area contributed by atoms with Gasteiger partial charge in [-0.1, -0.05) is 6.92 Å². The lowest BCUT2D eigenvalue weighted by atomic mass is 10.2. The number of guanidine groups is 1. The molecule has 0 unspecified atom stereocenters. The molecule has 2 aromatic rings. The lowest BCUT2D eigenvalue weighted by molar-refractivity contribution is 0.311. The monoisotopic (exact) mass is 348 g/mol. The van der Waals surface area contributed by atoms with Crippen LogP contribution in [-0.2, 0) is 13.0 Å². The van der Waals surface area contributed by atoms with Crippen molar-refractivity contribution in [3.63, 3.8) is 0 Å². The zero-order chi connectivity index (χ0) is 17.4. The molecule has 0 radical (unpaired) electrons. The Hall–Kier alpha value is -2.28. The molecule has 6 nitrogen and oxygen atoms in total. The average Bonchev–Trinajstić information content (AvgIpc) is 3.08. The van der Waals surface area contributed by atoms with E-state index in [2.05, 4.69) is 27.5 Å². The zero-order valence-corrected chi connectivity index (χ0v) is 15.4. The topological polar surface area (TPSA) is 67.8 Å². The van der Waals surface area contributed by atoms with E-state index in [1.165, 1.54) is 4.88 Å². The summed E-state index contributed by atoms with van der Waals surface area (Å²) in [6, 6.07) is 5.70. The van der Waals surface area contributed by atoms with Gasteiger partial charge in [-0.15, -0.1) is 11.3 Å². The summed E-state index contributed by atoms with van der Waals surface area (Å²) in [6.45, 7) is 5.31.